The minimum atomic E-state index is -0.834. The van der Waals surface area contributed by atoms with Crippen molar-refractivity contribution in [3.8, 4) is 0 Å². The van der Waals surface area contributed by atoms with Crippen molar-refractivity contribution >= 4 is 12.9 Å². The monoisotopic (exact) mass is 286 g/mol. The quantitative estimate of drug-likeness (QED) is 0.641. The summed E-state index contributed by atoms with van der Waals surface area (Å²) in [6, 6.07) is 0. The average molecular weight is 286 g/mol. The summed E-state index contributed by atoms with van der Waals surface area (Å²) in [5.41, 5.74) is -1.44. The Labute approximate surface area is 121 Å². The summed E-state index contributed by atoms with van der Waals surface area (Å²) < 4.78 is 16.7. The molecule has 0 radical (unpaired) electrons. The molecule has 0 aromatic carbocycles. The maximum atomic E-state index is 10.9. The molecule has 0 N–H and O–H groups in total. The summed E-state index contributed by atoms with van der Waals surface area (Å²) in [7, 11) is 0. The van der Waals surface area contributed by atoms with E-state index in [0.717, 1.165) is 19.3 Å². The van der Waals surface area contributed by atoms with E-state index in [1.807, 2.05) is 20.8 Å². The molecule has 116 valence electrons. The fourth-order valence-electron chi connectivity index (χ4n) is 3.24. The lowest BCUT2D eigenvalue weighted by molar-refractivity contribution is -0.242. The summed E-state index contributed by atoms with van der Waals surface area (Å²) in [6.07, 6.45) is 2.62. The summed E-state index contributed by atoms with van der Waals surface area (Å²) in [6.45, 7) is 9.38. The Hall–Kier alpha value is -1.10. The van der Waals surface area contributed by atoms with Crippen molar-refractivity contribution in [2.75, 3.05) is 6.61 Å². The van der Waals surface area contributed by atoms with Crippen LogP contribution in [-0.4, -0.2) is 36.9 Å². The van der Waals surface area contributed by atoms with E-state index in [2.05, 4.69) is 0 Å². The van der Waals surface area contributed by atoms with Crippen molar-refractivity contribution in [1.29, 1.82) is 0 Å². The molecule has 0 aromatic heterocycles. The molecular formula is C15H26O5. The van der Waals surface area contributed by atoms with Gasteiger partial charge in [0.2, 0.25) is 0 Å². The Morgan fingerprint density at radius 1 is 1.25 bits per heavy atom. The van der Waals surface area contributed by atoms with Crippen molar-refractivity contribution in [3.63, 3.8) is 0 Å². The van der Waals surface area contributed by atoms with Crippen molar-refractivity contribution in [1.82, 2.24) is 0 Å². The molecule has 0 spiro atoms. The zero-order valence-electron chi connectivity index (χ0n) is 12.9. The number of carbonyl (C=O) groups is 2. The first-order chi connectivity index (χ1) is 9.46. The molecule has 5 nitrogen and oxygen atoms in total. The molecule has 1 aliphatic carbocycles. The van der Waals surface area contributed by atoms with Crippen LogP contribution < -0.4 is 0 Å². The van der Waals surface area contributed by atoms with Gasteiger partial charge in [-0.05, 0) is 38.5 Å². The third kappa shape index (κ3) is 3.14. The Bertz CT molecular complexity index is 330. The van der Waals surface area contributed by atoms with E-state index in [1.54, 1.807) is 6.92 Å². The number of carbonyl (C=O) groups excluding carboxylic acids is 2. The summed E-state index contributed by atoms with van der Waals surface area (Å²) in [5, 5.41) is 0. The van der Waals surface area contributed by atoms with Crippen molar-refractivity contribution < 1.29 is 23.8 Å². The predicted octanol–water partition coefficient (Wildman–Crippen LogP) is 2.47. The Kier molecular flexibility index (Phi) is 5.99. The zero-order valence-corrected chi connectivity index (χ0v) is 12.9. The predicted molar refractivity (Wildman–Crippen MR) is 74.2 cm³/mol. The first-order valence-corrected chi connectivity index (χ1v) is 7.31. The number of rotatable bonds is 8. The summed E-state index contributed by atoms with van der Waals surface area (Å²) in [5.74, 6) is 0.147. The van der Waals surface area contributed by atoms with Gasteiger partial charge < -0.3 is 14.2 Å². The van der Waals surface area contributed by atoms with Crippen LogP contribution in [-0.2, 0) is 23.8 Å². The smallest absolute Gasteiger partial charge is 0.293 e. The van der Waals surface area contributed by atoms with E-state index < -0.39 is 17.3 Å². The van der Waals surface area contributed by atoms with Gasteiger partial charge in [0, 0.05) is 6.61 Å². The SMILES string of the molecule is CCCOC1(C(C)C)CCCC(C)(OC=O)C1OC=O. The van der Waals surface area contributed by atoms with Crippen LogP contribution in [0.15, 0.2) is 0 Å². The fraction of sp³-hybridized carbons (Fsp3) is 0.867. The van der Waals surface area contributed by atoms with Crippen LogP contribution in [0.1, 0.15) is 53.4 Å². The highest BCUT2D eigenvalue weighted by Gasteiger charge is 2.57. The molecule has 1 rings (SSSR count). The molecule has 3 atom stereocenters. The highest BCUT2D eigenvalue weighted by atomic mass is 16.6. The van der Waals surface area contributed by atoms with Gasteiger partial charge in [-0.1, -0.05) is 20.8 Å². The first kappa shape index (κ1) is 17.0. The van der Waals surface area contributed by atoms with E-state index in [1.165, 1.54) is 0 Å². The van der Waals surface area contributed by atoms with E-state index in [-0.39, 0.29) is 5.92 Å². The molecule has 1 aliphatic rings. The minimum Gasteiger partial charge on any atom is -0.457 e. The third-order valence-corrected chi connectivity index (χ3v) is 4.30. The van der Waals surface area contributed by atoms with Gasteiger partial charge in [0.05, 0.1) is 0 Å². The zero-order chi connectivity index (χ0) is 15.2. The molecule has 20 heavy (non-hydrogen) atoms. The van der Waals surface area contributed by atoms with Crippen LogP contribution in [0.3, 0.4) is 0 Å². The van der Waals surface area contributed by atoms with E-state index in [9.17, 15) is 9.59 Å². The van der Waals surface area contributed by atoms with Gasteiger partial charge in [-0.3, -0.25) is 9.59 Å². The molecule has 3 unspecified atom stereocenters. The van der Waals surface area contributed by atoms with Gasteiger partial charge in [0.15, 0.2) is 6.10 Å². The molecule has 0 aromatic rings. The Morgan fingerprint density at radius 3 is 2.45 bits per heavy atom. The standard InChI is InChI=1S/C15H26O5/c1-5-9-19-15(12(2)3)8-6-7-14(4,20-11-17)13(15)18-10-16/h10-13H,5-9H2,1-4H3. The first-order valence-electron chi connectivity index (χ1n) is 7.31. The number of hydrogen-bond donors (Lipinski definition) is 0. The molecule has 0 aliphatic heterocycles. The largest absolute Gasteiger partial charge is 0.457 e. The van der Waals surface area contributed by atoms with E-state index >= 15 is 0 Å². The lowest BCUT2D eigenvalue weighted by Gasteiger charge is -2.52. The molecular weight excluding hydrogens is 260 g/mol. The Morgan fingerprint density at radius 2 is 1.95 bits per heavy atom. The summed E-state index contributed by atoms with van der Waals surface area (Å²) >= 11 is 0. The van der Waals surface area contributed by atoms with Crippen LogP contribution in [0, 0.1) is 5.92 Å². The van der Waals surface area contributed by atoms with Gasteiger partial charge in [-0.25, -0.2) is 0 Å². The van der Waals surface area contributed by atoms with Crippen molar-refractivity contribution in [2.45, 2.75) is 70.7 Å². The highest BCUT2D eigenvalue weighted by Crippen LogP contribution is 2.45. The van der Waals surface area contributed by atoms with E-state index in [0.29, 0.717) is 26.0 Å². The summed E-state index contributed by atoms with van der Waals surface area (Å²) in [4.78, 5) is 21.7. The molecule has 0 heterocycles. The molecule has 0 saturated heterocycles. The van der Waals surface area contributed by atoms with Gasteiger partial charge in [-0.2, -0.15) is 0 Å². The maximum Gasteiger partial charge on any atom is 0.293 e. The second kappa shape index (κ2) is 7.07. The van der Waals surface area contributed by atoms with Gasteiger partial charge in [-0.15, -0.1) is 0 Å². The van der Waals surface area contributed by atoms with Gasteiger partial charge in [0.25, 0.3) is 12.9 Å². The molecule has 1 saturated carbocycles. The number of hydrogen-bond acceptors (Lipinski definition) is 5. The topological polar surface area (TPSA) is 61.8 Å². The lowest BCUT2D eigenvalue weighted by atomic mass is 9.68. The minimum absolute atomic E-state index is 0.147. The lowest BCUT2D eigenvalue weighted by Crippen LogP contribution is -2.64. The average Bonchev–Trinajstić information content (AvgIpc) is 2.40. The molecule has 0 bridgehead atoms. The van der Waals surface area contributed by atoms with Crippen LogP contribution in [0.25, 0.3) is 0 Å². The molecule has 0 amide bonds. The highest BCUT2D eigenvalue weighted by molar-refractivity contribution is 5.41. The van der Waals surface area contributed by atoms with Crippen LogP contribution >= 0.6 is 0 Å². The third-order valence-electron chi connectivity index (χ3n) is 4.30. The molecule has 1 fully saturated rings. The fourth-order valence-corrected chi connectivity index (χ4v) is 3.24. The van der Waals surface area contributed by atoms with Gasteiger partial charge >= 0.3 is 0 Å². The van der Waals surface area contributed by atoms with Crippen molar-refractivity contribution in [3.05, 3.63) is 0 Å². The number of ether oxygens (including phenoxy) is 3. The normalized spacial score (nSPS) is 33.8. The van der Waals surface area contributed by atoms with Crippen LogP contribution in [0.4, 0.5) is 0 Å². The maximum absolute atomic E-state index is 10.9. The van der Waals surface area contributed by atoms with Gasteiger partial charge in [0.1, 0.15) is 11.2 Å². The molecule has 5 heteroatoms. The Balaban J connectivity index is 3.15. The second-order valence-electron chi connectivity index (χ2n) is 5.95. The van der Waals surface area contributed by atoms with E-state index in [4.69, 9.17) is 14.2 Å². The van der Waals surface area contributed by atoms with Crippen LogP contribution in [0.5, 0.6) is 0 Å². The van der Waals surface area contributed by atoms with Crippen LogP contribution in [0.2, 0.25) is 0 Å². The second-order valence-corrected chi connectivity index (χ2v) is 5.95. The van der Waals surface area contributed by atoms with Crippen molar-refractivity contribution in [2.24, 2.45) is 5.92 Å².